The lowest BCUT2D eigenvalue weighted by atomic mass is 9.96. The maximum Gasteiger partial charge on any atom is 0.182 e. The number of piperidine rings is 1. The molecule has 0 spiro atoms. The quantitative estimate of drug-likeness (QED) is 0.916. The summed E-state index contributed by atoms with van der Waals surface area (Å²) in [5.74, 6) is 0.288. The Morgan fingerprint density at radius 3 is 2.67 bits per heavy atom. The molecule has 1 aromatic carbocycles. The Labute approximate surface area is 111 Å². The monoisotopic (exact) mass is 273 g/mol. The normalized spacial score (nSPS) is 19.7. The molecule has 0 bridgehead atoms. The highest BCUT2D eigenvalue weighted by Gasteiger charge is 2.24. The standard InChI is InChI=1S/C13H17ClFNO2/c1-17-10-7-8(9-5-3-4-6-16-9)12(15)11(14)13(10)18-2/h7,9,16H,3-6H2,1-2H3. The van der Waals surface area contributed by atoms with Crippen molar-refractivity contribution < 1.29 is 13.9 Å². The van der Waals surface area contributed by atoms with Crippen LogP contribution in [0.3, 0.4) is 0 Å². The third-order valence-corrected chi connectivity index (χ3v) is 3.60. The molecular weight excluding hydrogens is 257 g/mol. The first kappa shape index (κ1) is 13.4. The summed E-state index contributed by atoms with van der Waals surface area (Å²) in [6.45, 7) is 0.899. The summed E-state index contributed by atoms with van der Waals surface area (Å²) in [7, 11) is 2.96. The SMILES string of the molecule is COc1cc(C2CCCCN2)c(F)c(Cl)c1OC. The van der Waals surface area contributed by atoms with Gasteiger partial charge in [-0.2, -0.15) is 0 Å². The third-order valence-electron chi connectivity index (χ3n) is 3.27. The summed E-state index contributed by atoms with van der Waals surface area (Å²) in [5.41, 5.74) is 0.553. The highest BCUT2D eigenvalue weighted by atomic mass is 35.5. The maximum atomic E-state index is 14.2. The van der Waals surface area contributed by atoms with E-state index < -0.39 is 5.82 Å². The van der Waals surface area contributed by atoms with E-state index in [2.05, 4.69) is 5.32 Å². The van der Waals surface area contributed by atoms with E-state index >= 15 is 0 Å². The van der Waals surface area contributed by atoms with Gasteiger partial charge in [-0.15, -0.1) is 0 Å². The van der Waals surface area contributed by atoms with E-state index in [0.29, 0.717) is 11.3 Å². The smallest absolute Gasteiger partial charge is 0.182 e. The van der Waals surface area contributed by atoms with Crippen molar-refractivity contribution in [1.29, 1.82) is 0 Å². The number of methoxy groups -OCH3 is 2. The first-order chi connectivity index (χ1) is 8.69. The molecule has 1 saturated heterocycles. The van der Waals surface area contributed by atoms with Gasteiger partial charge >= 0.3 is 0 Å². The van der Waals surface area contributed by atoms with Crippen molar-refractivity contribution in [2.24, 2.45) is 0 Å². The van der Waals surface area contributed by atoms with Gasteiger partial charge in [0.1, 0.15) is 5.02 Å². The van der Waals surface area contributed by atoms with Gasteiger partial charge in [0, 0.05) is 11.6 Å². The van der Waals surface area contributed by atoms with Crippen molar-refractivity contribution in [2.75, 3.05) is 20.8 Å². The first-order valence-electron chi connectivity index (χ1n) is 6.02. The molecule has 1 N–H and O–H groups in total. The average molecular weight is 274 g/mol. The molecule has 1 atom stereocenters. The largest absolute Gasteiger partial charge is 0.493 e. The van der Waals surface area contributed by atoms with E-state index in [9.17, 15) is 4.39 Å². The van der Waals surface area contributed by atoms with Crippen molar-refractivity contribution in [3.05, 3.63) is 22.5 Å². The molecule has 1 fully saturated rings. The van der Waals surface area contributed by atoms with Gasteiger partial charge in [-0.25, -0.2) is 4.39 Å². The van der Waals surface area contributed by atoms with Crippen molar-refractivity contribution in [1.82, 2.24) is 5.32 Å². The summed E-state index contributed by atoms with van der Waals surface area (Å²) in [5, 5.41) is 3.28. The Hall–Kier alpha value is -1.00. The topological polar surface area (TPSA) is 30.5 Å². The minimum atomic E-state index is -0.422. The fourth-order valence-corrected chi connectivity index (χ4v) is 2.60. The van der Waals surface area contributed by atoms with E-state index in [4.69, 9.17) is 21.1 Å². The second-order valence-corrected chi connectivity index (χ2v) is 4.71. The Kier molecular flexibility index (Phi) is 4.30. The summed E-state index contributed by atoms with van der Waals surface area (Å²) >= 11 is 5.99. The molecule has 2 rings (SSSR count). The molecule has 100 valence electrons. The number of ether oxygens (including phenoxy) is 2. The van der Waals surface area contributed by atoms with Crippen molar-refractivity contribution >= 4 is 11.6 Å². The zero-order valence-electron chi connectivity index (χ0n) is 10.6. The molecule has 0 amide bonds. The molecule has 1 aromatic rings. The van der Waals surface area contributed by atoms with Crippen LogP contribution in [-0.4, -0.2) is 20.8 Å². The van der Waals surface area contributed by atoms with E-state index in [1.165, 1.54) is 14.2 Å². The molecule has 5 heteroatoms. The molecule has 3 nitrogen and oxygen atoms in total. The van der Waals surface area contributed by atoms with Gasteiger partial charge < -0.3 is 14.8 Å². The van der Waals surface area contributed by atoms with Gasteiger partial charge in [0.2, 0.25) is 0 Å². The van der Waals surface area contributed by atoms with Crippen LogP contribution < -0.4 is 14.8 Å². The molecule has 1 unspecified atom stereocenters. The lowest BCUT2D eigenvalue weighted by Gasteiger charge is -2.25. The second kappa shape index (κ2) is 5.76. The molecule has 0 saturated carbocycles. The summed E-state index contributed by atoms with van der Waals surface area (Å²) in [4.78, 5) is 0. The van der Waals surface area contributed by atoms with Crippen molar-refractivity contribution in [3.8, 4) is 11.5 Å². The summed E-state index contributed by atoms with van der Waals surface area (Å²) in [6.07, 6.45) is 3.12. The van der Waals surface area contributed by atoms with Gasteiger partial charge in [-0.3, -0.25) is 0 Å². The van der Waals surface area contributed by atoms with Crippen molar-refractivity contribution in [2.45, 2.75) is 25.3 Å². The van der Waals surface area contributed by atoms with Crippen LogP contribution in [0.1, 0.15) is 30.9 Å². The number of hydrogen-bond donors (Lipinski definition) is 1. The van der Waals surface area contributed by atoms with Gasteiger partial charge in [0.05, 0.1) is 14.2 Å². The van der Waals surface area contributed by atoms with Crippen LogP contribution in [0.5, 0.6) is 11.5 Å². The zero-order valence-corrected chi connectivity index (χ0v) is 11.3. The number of rotatable bonds is 3. The predicted octanol–water partition coefficient (Wildman–Crippen LogP) is 3.31. The van der Waals surface area contributed by atoms with Gasteiger partial charge in [-0.1, -0.05) is 18.0 Å². The predicted molar refractivity (Wildman–Crippen MR) is 69.1 cm³/mol. The fourth-order valence-electron chi connectivity index (χ4n) is 2.32. The van der Waals surface area contributed by atoms with Crippen LogP contribution in [0, 0.1) is 5.82 Å². The number of halogens is 2. The first-order valence-corrected chi connectivity index (χ1v) is 6.40. The maximum absolute atomic E-state index is 14.2. The molecule has 18 heavy (non-hydrogen) atoms. The van der Waals surface area contributed by atoms with Gasteiger partial charge in [-0.05, 0) is 25.5 Å². The van der Waals surface area contributed by atoms with Crippen LogP contribution in [0.15, 0.2) is 6.07 Å². The van der Waals surface area contributed by atoms with Gasteiger partial charge in [0.15, 0.2) is 17.3 Å². The van der Waals surface area contributed by atoms with E-state index in [1.54, 1.807) is 6.07 Å². The molecule has 0 radical (unpaired) electrons. The average Bonchev–Trinajstić information content (AvgIpc) is 2.42. The Morgan fingerprint density at radius 2 is 2.11 bits per heavy atom. The Bertz CT molecular complexity index is 433. The summed E-state index contributed by atoms with van der Waals surface area (Å²) < 4.78 is 24.5. The lowest BCUT2D eigenvalue weighted by molar-refractivity contribution is 0.347. The van der Waals surface area contributed by atoms with E-state index in [-0.39, 0.29) is 16.8 Å². The van der Waals surface area contributed by atoms with Gasteiger partial charge in [0.25, 0.3) is 0 Å². The molecule has 0 aromatic heterocycles. The van der Waals surface area contributed by atoms with E-state index in [1.807, 2.05) is 0 Å². The Balaban J connectivity index is 2.44. The Morgan fingerprint density at radius 1 is 1.33 bits per heavy atom. The minimum absolute atomic E-state index is 0.00365. The highest BCUT2D eigenvalue weighted by Crippen LogP contribution is 2.41. The minimum Gasteiger partial charge on any atom is -0.493 e. The van der Waals surface area contributed by atoms with Crippen LogP contribution >= 0.6 is 11.6 Å². The fraction of sp³-hybridized carbons (Fsp3) is 0.538. The number of hydrogen-bond acceptors (Lipinski definition) is 3. The molecule has 1 heterocycles. The van der Waals surface area contributed by atoms with Crippen LogP contribution in [0.4, 0.5) is 4.39 Å². The third kappa shape index (κ3) is 2.40. The molecular formula is C13H17ClFNO2. The van der Waals surface area contributed by atoms with Crippen LogP contribution in [-0.2, 0) is 0 Å². The molecule has 1 aliphatic heterocycles. The second-order valence-electron chi connectivity index (χ2n) is 4.33. The number of nitrogens with one attached hydrogen (secondary N) is 1. The number of benzene rings is 1. The lowest BCUT2D eigenvalue weighted by Crippen LogP contribution is -2.27. The van der Waals surface area contributed by atoms with Crippen LogP contribution in [0.25, 0.3) is 0 Å². The molecule has 1 aliphatic rings. The highest BCUT2D eigenvalue weighted by molar-refractivity contribution is 6.32. The van der Waals surface area contributed by atoms with Crippen molar-refractivity contribution in [3.63, 3.8) is 0 Å². The van der Waals surface area contributed by atoms with E-state index in [0.717, 1.165) is 25.8 Å². The zero-order chi connectivity index (χ0) is 13.1. The molecule has 0 aliphatic carbocycles. The summed E-state index contributed by atoms with van der Waals surface area (Å²) in [6, 6.07) is 1.67. The van der Waals surface area contributed by atoms with Crippen LogP contribution in [0.2, 0.25) is 5.02 Å².